The van der Waals surface area contributed by atoms with E-state index >= 15 is 0 Å². The summed E-state index contributed by atoms with van der Waals surface area (Å²) in [6, 6.07) is 2.84. The summed E-state index contributed by atoms with van der Waals surface area (Å²) in [5.41, 5.74) is 1.11. The van der Waals surface area contributed by atoms with Crippen LogP contribution in [-0.2, 0) is 4.74 Å². The lowest BCUT2D eigenvalue weighted by Crippen LogP contribution is -2.49. The van der Waals surface area contributed by atoms with Crippen molar-refractivity contribution in [3.63, 3.8) is 0 Å². The van der Waals surface area contributed by atoms with Crippen LogP contribution >= 0.6 is 0 Å². The zero-order chi connectivity index (χ0) is 16.5. The third-order valence-corrected chi connectivity index (χ3v) is 5.73. The predicted octanol–water partition coefficient (Wildman–Crippen LogP) is 1.32. The monoisotopic (exact) mass is 332 g/mol. The first-order valence-electron chi connectivity index (χ1n) is 9.29. The maximum absolute atomic E-state index is 9.55. The molecule has 1 aromatic rings. The molecule has 2 saturated heterocycles. The third-order valence-electron chi connectivity index (χ3n) is 5.73. The zero-order valence-corrected chi connectivity index (χ0v) is 14.5. The second-order valence-corrected chi connectivity index (χ2v) is 7.39. The molecule has 1 aromatic heterocycles. The summed E-state index contributed by atoms with van der Waals surface area (Å²) in [4.78, 5) is 14.3. The van der Waals surface area contributed by atoms with Crippen molar-refractivity contribution in [1.82, 2.24) is 14.9 Å². The molecule has 2 aliphatic heterocycles. The van der Waals surface area contributed by atoms with E-state index in [1.54, 1.807) is 0 Å². The molecule has 0 amide bonds. The number of morpholine rings is 1. The van der Waals surface area contributed by atoms with E-state index in [1.807, 2.05) is 6.92 Å². The molecular weight excluding hydrogens is 304 g/mol. The van der Waals surface area contributed by atoms with Gasteiger partial charge >= 0.3 is 0 Å². The van der Waals surface area contributed by atoms with Crippen LogP contribution in [0.1, 0.15) is 43.1 Å². The van der Waals surface area contributed by atoms with Crippen molar-refractivity contribution in [2.45, 2.75) is 50.7 Å². The smallest absolute Gasteiger partial charge is 0.132 e. The van der Waals surface area contributed by atoms with Crippen LogP contribution < -0.4 is 4.90 Å². The van der Waals surface area contributed by atoms with E-state index in [0.717, 1.165) is 69.6 Å². The Morgan fingerprint density at radius 2 is 1.79 bits per heavy atom. The normalized spacial score (nSPS) is 29.5. The number of aliphatic hydroxyl groups excluding tert-OH is 1. The second-order valence-electron chi connectivity index (χ2n) is 7.39. The zero-order valence-electron chi connectivity index (χ0n) is 14.5. The average Bonchev–Trinajstić information content (AvgIpc) is 2.59. The molecule has 1 N–H and O–H groups in total. The Morgan fingerprint density at radius 1 is 1.08 bits per heavy atom. The van der Waals surface area contributed by atoms with Gasteiger partial charge in [-0.2, -0.15) is 0 Å². The molecule has 6 nitrogen and oxygen atoms in total. The number of piperidine rings is 1. The minimum absolute atomic E-state index is 0.141. The number of ether oxygens (including phenoxy) is 1. The van der Waals surface area contributed by atoms with Crippen LogP contribution in [-0.4, -0.2) is 71.5 Å². The Kier molecular flexibility index (Phi) is 4.70. The second kappa shape index (κ2) is 6.94. The number of aromatic nitrogens is 2. The minimum Gasteiger partial charge on any atom is -0.393 e. The summed E-state index contributed by atoms with van der Waals surface area (Å²) in [7, 11) is 0. The third kappa shape index (κ3) is 3.41. The Hall–Kier alpha value is -1.24. The molecule has 1 aliphatic carbocycles. The van der Waals surface area contributed by atoms with Crippen LogP contribution in [0.25, 0.3) is 0 Å². The molecule has 3 fully saturated rings. The Balaban J connectivity index is 1.40. The first-order chi connectivity index (χ1) is 11.7. The Morgan fingerprint density at radius 3 is 2.46 bits per heavy atom. The quantitative estimate of drug-likeness (QED) is 0.901. The van der Waals surface area contributed by atoms with E-state index in [-0.39, 0.29) is 6.10 Å². The lowest BCUT2D eigenvalue weighted by molar-refractivity contribution is 0.0114. The molecule has 4 rings (SSSR count). The van der Waals surface area contributed by atoms with E-state index < -0.39 is 0 Å². The number of aryl methyl sites for hydroxylation is 1. The first kappa shape index (κ1) is 16.2. The molecule has 0 radical (unpaired) electrons. The molecule has 6 heteroatoms. The molecule has 0 bridgehead atoms. The Labute approximate surface area is 143 Å². The van der Waals surface area contributed by atoms with Crippen LogP contribution in [0.15, 0.2) is 6.07 Å². The minimum atomic E-state index is -0.141. The summed E-state index contributed by atoms with van der Waals surface area (Å²) in [5, 5.41) is 9.55. The number of hydrogen-bond donors (Lipinski definition) is 1. The van der Waals surface area contributed by atoms with Gasteiger partial charge in [-0.25, -0.2) is 9.97 Å². The van der Waals surface area contributed by atoms with Crippen LogP contribution in [0.2, 0.25) is 0 Å². The molecule has 3 heterocycles. The van der Waals surface area contributed by atoms with Crippen molar-refractivity contribution in [2.75, 3.05) is 44.3 Å². The lowest BCUT2D eigenvalue weighted by Gasteiger charge is -2.40. The molecule has 24 heavy (non-hydrogen) atoms. The molecule has 0 aromatic carbocycles. The number of nitrogens with zero attached hydrogens (tertiary/aromatic N) is 4. The largest absolute Gasteiger partial charge is 0.393 e. The van der Waals surface area contributed by atoms with Gasteiger partial charge in [0.2, 0.25) is 0 Å². The van der Waals surface area contributed by atoms with E-state index in [4.69, 9.17) is 4.74 Å². The highest BCUT2D eigenvalue weighted by atomic mass is 16.5. The maximum atomic E-state index is 9.55. The van der Waals surface area contributed by atoms with Gasteiger partial charge in [0.1, 0.15) is 11.6 Å². The number of anilines is 1. The number of rotatable bonds is 3. The van der Waals surface area contributed by atoms with E-state index in [1.165, 1.54) is 12.8 Å². The van der Waals surface area contributed by atoms with Crippen molar-refractivity contribution in [1.29, 1.82) is 0 Å². The maximum Gasteiger partial charge on any atom is 0.132 e. The first-order valence-corrected chi connectivity index (χ1v) is 9.29. The summed E-state index contributed by atoms with van der Waals surface area (Å²) < 4.78 is 5.47. The summed E-state index contributed by atoms with van der Waals surface area (Å²) in [6.07, 6.45) is 3.93. The molecule has 1 saturated carbocycles. The molecular formula is C18H28N4O2. The van der Waals surface area contributed by atoms with Gasteiger partial charge in [0.05, 0.1) is 19.3 Å². The standard InChI is InChI=1S/C18H28N4O2/c1-13-19-17(14-10-16(23)11-14)12-18(20-13)22-4-2-15(3-5-22)21-6-8-24-9-7-21/h12,14-16,23H,2-11H2,1H3. The summed E-state index contributed by atoms with van der Waals surface area (Å²) in [5.74, 6) is 2.32. The molecule has 132 valence electrons. The van der Waals surface area contributed by atoms with Crippen LogP contribution in [0, 0.1) is 6.92 Å². The fraction of sp³-hybridized carbons (Fsp3) is 0.778. The fourth-order valence-electron chi connectivity index (χ4n) is 4.18. The van der Waals surface area contributed by atoms with Gasteiger partial charge < -0.3 is 14.7 Å². The number of hydrogen-bond acceptors (Lipinski definition) is 6. The van der Waals surface area contributed by atoms with Crippen molar-refractivity contribution >= 4 is 5.82 Å². The Bertz CT molecular complexity index is 562. The van der Waals surface area contributed by atoms with Gasteiger partial charge in [-0.15, -0.1) is 0 Å². The topological polar surface area (TPSA) is 61.7 Å². The number of aliphatic hydroxyl groups is 1. The van der Waals surface area contributed by atoms with Crippen LogP contribution in [0.5, 0.6) is 0 Å². The highest BCUT2D eigenvalue weighted by molar-refractivity contribution is 5.41. The lowest BCUT2D eigenvalue weighted by atomic mass is 9.80. The van der Waals surface area contributed by atoms with Crippen LogP contribution in [0.4, 0.5) is 5.82 Å². The van der Waals surface area contributed by atoms with Gasteiger partial charge in [-0.1, -0.05) is 0 Å². The molecule has 0 unspecified atom stereocenters. The van der Waals surface area contributed by atoms with E-state index in [9.17, 15) is 5.11 Å². The SMILES string of the molecule is Cc1nc(C2CC(O)C2)cc(N2CCC(N3CCOCC3)CC2)n1. The van der Waals surface area contributed by atoms with Gasteiger partial charge in [0.25, 0.3) is 0 Å². The predicted molar refractivity (Wildman–Crippen MR) is 92.4 cm³/mol. The van der Waals surface area contributed by atoms with E-state index in [0.29, 0.717) is 12.0 Å². The molecule has 0 atom stereocenters. The fourth-order valence-corrected chi connectivity index (χ4v) is 4.18. The van der Waals surface area contributed by atoms with Crippen molar-refractivity contribution in [3.05, 3.63) is 17.6 Å². The summed E-state index contributed by atoms with van der Waals surface area (Å²) >= 11 is 0. The van der Waals surface area contributed by atoms with Crippen molar-refractivity contribution in [3.8, 4) is 0 Å². The average molecular weight is 332 g/mol. The van der Waals surface area contributed by atoms with Gasteiger partial charge in [-0.3, -0.25) is 4.90 Å². The van der Waals surface area contributed by atoms with Crippen molar-refractivity contribution in [2.24, 2.45) is 0 Å². The van der Waals surface area contributed by atoms with Gasteiger partial charge in [0.15, 0.2) is 0 Å². The summed E-state index contributed by atoms with van der Waals surface area (Å²) in [6.45, 7) is 8.00. The molecule has 0 spiro atoms. The van der Waals surface area contributed by atoms with Gasteiger partial charge in [0, 0.05) is 49.9 Å². The van der Waals surface area contributed by atoms with E-state index in [2.05, 4.69) is 25.8 Å². The highest BCUT2D eigenvalue weighted by Crippen LogP contribution is 2.37. The highest BCUT2D eigenvalue weighted by Gasteiger charge is 2.31. The molecule has 3 aliphatic rings. The van der Waals surface area contributed by atoms with Crippen molar-refractivity contribution < 1.29 is 9.84 Å². The van der Waals surface area contributed by atoms with Gasteiger partial charge in [-0.05, 0) is 32.6 Å². The van der Waals surface area contributed by atoms with Crippen LogP contribution in [0.3, 0.4) is 0 Å².